The van der Waals surface area contributed by atoms with Gasteiger partial charge in [0.15, 0.2) is 0 Å². The molecule has 90 valence electrons. The van der Waals surface area contributed by atoms with Crippen LogP contribution >= 0.6 is 0 Å². The van der Waals surface area contributed by atoms with E-state index in [9.17, 15) is 9.18 Å². The van der Waals surface area contributed by atoms with Gasteiger partial charge in [0.05, 0.1) is 0 Å². The summed E-state index contributed by atoms with van der Waals surface area (Å²) in [5.41, 5.74) is -0.302. The van der Waals surface area contributed by atoms with Crippen molar-refractivity contribution in [2.75, 3.05) is 0 Å². The van der Waals surface area contributed by atoms with Crippen molar-refractivity contribution >= 4 is 6.09 Å². The quantitative estimate of drug-likeness (QED) is 0.723. The summed E-state index contributed by atoms with van der Waals surface area (Å²) in [5.74, 6) is 1.04. The molecule has 5 unspecified atom stereocenters. The van der Waals surface area contributed by atoms with Crippen molar-refractivity contribution in [3.63, 3.8) is 0 Å². The summed E-state index contributed by atoms with van der Waals surface area (Å²) >= 11 is 0. The van der Waals surface area contributed by atoms with Crippen LogP contribution in [0.25, 0.3) is 0 Å². The normalized spacial score (nSPS) is 50.1. The van der Waals surface area contributed by atoms with Gasteiger partial charge in [0.2, 0.25) is 0 Å². The Morgan fingerprint density at radius 3 is 2.56 bits per heavy atom. The first-order chi connectivity index (χ1) is 7.56. The van der Waals surface area contributed by atoms with Gasteiger partial charge in [0.1, 0.15) is 6.17 Å². The Hall–Kier alpha value is -0.800. The molecule has 0 radical (unpaired) electrons. The molecule has 3 nitrogen and oxygen atoms in total. The molecule has 4 rings (SSSR count). The van der Waals surface area contributed by atoms with E-state index in [1.165, 1.54) is 0 Å². The number of hydrogen-bond donors (Lipinski definition) is 2. The molecular formula is C12H18FNO2. The Morgan fingerprint density at radius 2 is 1.88 bits per heavy atom. The van der Waals surface area contributed by atoms with Crippen molar-refractivity contribution in [2.45, 2.75) is 50.2 Å². The minimum absolute atomic E-state index is 0.0955. The number of nitrogens with one attached hydrogen (secondary N) is 1. The van der Waals surface area contributed by atoms with Crippen molar-refractivity contribution in [1.29, 1.82) is 0 Å². The van der Waals surface area contributed by atoms with Crippen LogP contribution in [-0.4, -0.2) is 22.9 Å². The zero-order valence-corrected chi connectivity index (χ0v) is 9.29. The molecule has 0 aromatic heterocycles. The zero-order chi connectivity index (χ0) is 11.3. The minimum atomic E-state index is -0.947. The van der Waals surface area contributed by atoms with E-state index in [1.807, 2.05) is 0 Å². The van der Waals surface area contributed by atoms with Crippen molar-refractivity contribution in [3.8, 4) is 0 Å². The summed E-state index contributed by atoms with van der Waals surface area (Å²) < 4.78 is 13.9. The molecule has 4 bridgehead atoms. The van der Waals surface area contributed by atoms with Crippen molar-refractivity contribution in [1.82, 2.24) is 5.32 Å². The molecule has 0 heterocycles. The fourth-order valence-electron chi connectivity index (χ4n) is 4.53. The zero-order valence-electron chi connectivity index (χ0n) is 9.29. The second-order valence-electron chi connectivity index (χ2n) is 6.04. The Kier molecular flexibility index (Phi) is 2.17. The number of amides is 1. The molecule has 4 fully saturated rings. The second-order valence-corrected chi connectivity index (χ2v) is 6.04. The van der Waals surface area contributed by atoms with Crippen molar-refractivity contribution in [3.05, 3.63) is 0 Å². The highest BCUT2D eigenvalue weighted by Crippen LogP contribution is 2.53. The molecule has 4 aliphatic rings. The summed E-state index contributed by atoms with van der Waals surface area (Å²) in [4.78, 5) is 10.9. The topological polar surface area (TPSA) is 49.3 Å². The average molecular weight is 227 g/mol. The summed E-state index contributed by atoms with van der Waals surface area (Å²) in [6.45, 7) is 0. The molecule has 16 heavy (non-hydrogen) atoms. The second kappa shape index (κ2) is 3.34. The molecule has 4 heteroatoms. The van der Waals surface area contributed by atoms with E-state index in [0.717, 1.165) is 25.7 Å². The molecule has 1 amide bonds. The van der Waals surface area contributed by atoms with E-state index in [1.54, 1.807) is 0 Å². The summed E-state index contributed by atoms with van der Waals surface area (Å²) in [7, 11) is 0. The van der Waals surface area contributed by atoms with Crippen LogP contribution in [0.3, 0.4) is 0 Å². The number of rotatable bonds is 1. The minimum Gasteiger partial charge on any atom is -0.465 e. The lowest BCUT2D eigenvalue weighted by molar-refractivity contribution is 0.0621. The van der Waals surface area contributed by atoms with Gasteiger partial charge in [-0.3, -0.25) is 0 Å². The van der Waals surface area contributed by atoms with Crippen molar-refractivity contribution in [2.24, 2.45) is 17.8 Å². The van der Waals surface area contributed by atoms with E-state index in [2.05, 4.69) is 5.32 Å². The third kappa shape index (κ3) is 1.59. The molecule has 0 aromatic rings. The first-order valence-electron chi connectivity index (χ1n) is 6.21. The molecule has 5 atom stereocenters. The predicted octanol–water partition coefficient (Wildman–Crippen LogP) is 2.56. The Bertz CT molecular complexity index is 322. The average Bonchev–Trinajstić information content (AvgIpc) is 2.27. The molecule has 0 aromatic carbocycles. The monoisotopic (exact) mass is 227 g/mol. The van der Waals surface area contributed by atoms with Crippen LogP contribution < -0.4 is 5.32 Å². The van der Waals surface area contributed by atoms with Gasteiger partial charge in [0.25, 0.3) is 0 Å². The SMILES string of the molecule is O=C(O)NC12CC3CC(CC(C1)C(F)C3)C2. The van der Waals surface area contributed by atoms with Crippen LogP contribution in [0.2, 0.25) is 0 Å². The fourth-order valence-corrected chi connectivity index (χ4v) is 4.53. The maximum absolute atomic E-state index is 13.9. The van der Waals surface area contributed by atoms with E-state index in [-0.39, 0.29) is 11.5 Å². The van der Waals surface area contributed by atoms with Gasteiger partial charge in [-0.05, 0) is 56.3 Å². The van der Waals surface area contributed by atoms with Gasteiger partial charge < -0.3 is 10.4 Å². The fraction of sp³-hybridized carbons (Fsp3) is 0.917. The number of halogens is 1. The standard InChI is InChI=1S/C12H18FNO2/c13-10-3-8-1-7-2-9(10)6-12(4-7,5-8)14-11(15)16/h7-10,14H,1-6H2,(H,15,16). The highest BCUT2D eigenvalue weighted by molar-refractivity contribution is 5.65. The van der Waals surface area contributed by atoms with E-state index >= 15 is 0 Å². The molecule has 0 aliphatic heterocycles. The third-order valence-corrected chi connectivity index (χ3v) is 4.76. The van der Waals surface area contributed by atoms with Crippen LogP contribution in [0.5, 0.6) is 0 Å². The van der Waals surface area contributed by atoms with Crippen LogP contribution in [0.15, 0.2) is 0 Å². The first-order valence-corrected chi connectivity index (χ1v) is 6.21. The molecule has 4 aliphatic carbocycles. The highest BCUT2D eigenvalue weighted by Gasteiger charge is 2.52. The van der Waals surface area contributed by atoms with Crippen LogP contribution in [0.1, 0.15) is 38.5 Å². The molecule has 0 spiro atoms. The highest BCUT2D eigenvalue weighted by atomic mass is 19.1. The van der Waals surface area contributed by atoms with Gasteiger partial charge in [0, 0.05) is 5.54 Å². The number of hydrogen-bond acceptors (Lipinski definition) is 1. The summed E-state index contributed by atoms with van der Waals surface area (Å²) in [5, 5.41) is 11.6. The number of carboxylic acid groups (broad SMARTS) is 1. The number of alkyl halides is 1. The Balaban J connectivity index is 1.89. The number of carbonyl (C=O) groups is 1. The van der Waals surface area contributed by atoms with E-state index in [4.69, 9.17) is 5.11 Å². The third-order valence-electron chi connectivity index (χ3n) is 4.76. The van der Waals surface area contributed by atoms with E-state index < -0.39 is 12.3 Å². The van der Waals surface area contributed by atoms with Gasteiger partial charge in [-0.1, -0.05) is 0 Å². The molecule has 0 saturated heterocycles. The van der Waals surface area contributed by atoms with Gasteiger partial charge in [-0.15, -0.1) is 0 Å². The maximum Gasteiger partial charge on any atom is 0.405 e. The van der Waals surface area contributed by atoms with Gasteiger partial charge in [-0.2, -0.15) is 0 Å². The molecule has 2 N–H and O–H groups in total. The smallest absolute Gasteiger partial charge is 0.405 e. The van der Waals surface area contributed by atoms with E-state index in [0.29, 0.717) is 24.7 Å². The maximum atomic E-state index is 13.9. The Labute approximate surface area is 94.4 Å². The largest absolute Gasteiger partial charge is 0.465 e. The van der Waals surface area contributed by atoms with Crippen LogP contribution in [0.4, 0.5) is 9.18 Å². The van der Waals surface area contributed by atoms with Gasteiger partial charge in [-0.25, -0.2) is 9.18 Å². The first kappa shape index (κ1) is 10.4. The molecular weight excluding hydrogens is 209 g/mol. The summed E-state index contributed by atoms with van der Waals surface area (Å²) in [6, 6.07) is 0. The lowest BCUT2D eigenvalue weighted by Crippen LogP contribution is -2.55. The van der Waals surface area contributed by atoms with Crippen LogP contribution in [0, 0.1) is 17.8 Å². The lowest BCUT2D eigenvalue weighted by atomic mass is 9.63. The predicted molar refractivity (Wildman–Crippen MR) is 57.0 cm³/mol. The van der Waals surface area contributed by atoms with Crippen LogP contribution in [-0.2, 0) is 0 Å². The van der Waals surface area contributed by atoms with Gasteiger partial charge >= 0.3 is 6.09 Å². The Morgan fingerprint density at radius 1 is 1.19 bits per heavy atom. The summed E-state index contributed by atoms with van der Waals surface area (Å²) in [6.07, 6.45) is 3.59. The molecule has 4 saturated carbocycles. The lowest BCUT2D eigenvalue weighted by Gasteiger charge is -2.48. The number of fused-ring (bicyclic) bond motifs is 1. The van der Waals surface area contributed by atoms with Crippen molar-refractivity contribution < 1.29 is 14.3 Å².